The fourth-order valence-electron chi connectivity index (χ4n) is 3.09. The molecule has 1 aromatic rings. The molecule has 0 unspecified atom stereocenters. The van der Waals surface area contributed by atoms with E-state index in [9.17, 15) is 0 Å². The molecule has 0 radical (unpaired) electrons. The summed E-state index contributed by atoms with van der Waals surface area (Å²) in [5.41, 5.74) is 1.45. The van der Waals surface area contributed by atoms with Crippen molar-refractivity contribution in [1.82, 2.24) is 10.2 Å². The van der Waals surface area contributed by atoms with Gasteiger partial charge in [0.15, 0.2) is 0 Å². The minimum atomic E-state index is 0.121. The summed E-state index contributed by atoms with van der Waals surface area (Å²) in [4.78, 5) is 2.51. The van der Waals surface area contributed by atoms with Crippen LogP contribution in [0.4, 0.5) is 0 Å². The van der Waals surface area contributed by atoms with Crippen LogP contribution in [0.15, 0.2) is 16.7 Å². The minimum absolute atomic E-state index is 0.121. The highest BCUT2D eigenvalue weighted by Crippen LogP contribution is 2.27. The lowest BCUT2D eigenvalue weighted by Crippen LogP contribution is -2.36. The van der Waals surface area contributed by atoms with Gasteiger partial charge in [-0.15, -0.1) is 0 Å². The number of nitrogens with zero attached hydrogens (tertiary/aromatic N) is 1. The Hall–Kier alpha value is -0.800. The molecule has 0 atom stereocenters. The smallest absolute Gasteiger partial charge is 0.122 e. The van der Waals surface area contributed by atoms with Crippen LogP contribution in [0.5, 0.6) is 0 Å². The molecule has 120 valence electrons. The molecule has 0 saturated heterocycles. The summed E-state index contributed by atoms with van der Waals surface area (Å²) in [6.45, 7) is 10.7. The summed E-state index contributed by atoms with van der Waals surface area (Å²) in [6, 6.07) is 2.86. The molecule has 0 amide bonds. The van der Waals surface area contributed by atoms with Crippen LogP contribution in [0.3, 0.4) is 0 Å². The minimum Gasteiger partial charge on any atom is -0.468 e. The van der Waals surface area contributed by atoms with Crippen LogP contribution < -0.4 is 5.32 Å². The first-order valence-corrected chi connectivity index (χ1v) is 8.35. The molecule has 21 heavy (non-hydrogen) atoms. The van der Waals surface area contributed by atoms with E-state index in [1.165, 1.54) is 31.2 Å². The predicted molar refractivity (Wildman–Crippen MR) is 88.2 cm³/mol. The molecule has 1 fully saturated rings. The standard InChI is InChI=1S/C18H32N2O/c1-14-6-8-16(9-7-14)20(5)13-15-10-11-21-17(15)12-19-18(2,3)4/h10-11,14,16,19H,6-9,12-13H2,1-5H3. The maximum atomic E-state index is 5.68. The van der Waals surface area contributed by atoms with E-state index in [-0.39, 0.29) is 5.54 Å². The maximum Gasteiger partial charge on any atom is 0.122 e. The predicted octanol–water partition coefficient (Wildman–Crippen LogP) is 4.18. The molecule has 3 heteroatoms. The van der Waals surface area contributed by atoms with Crippen LogP contribution in [0.1, 0.15) is 64.7 Å². The Morgan fingerprint density at radius 1 is 1.24 bits per heavy atom. The summed E-state index contributed by atoms with van der Waals surface area (Å²) >= 11 is 0. The van der Waals surface area contributed by atoms with Crippen LogP contribution in [0.2, 0.25) is 0 Å². The zero-order chi connectivity index (χ0) is 15.5. The Labute approximate surface area is 130 Å². The molecule has 2 rings (SSSR count). The molecule has 0 aromatic carbocycles. The van der Waals surface area contributed by atoms with Gasteiger partial charge >= 0.3 is 0 Å². The summed E-state index contributed by atoms with van der Waals surface area (Å²) in [5.74, 6) is 2.00. The normalized spacial score (nSPS) is 23.7. The third-order valence-corrected chi connectivity index (χ3v) is 4.65. The van der Waals surface area contributed by atoms with Gasteiger partial charge in [0, 0.05) is 23.7 Å². The zero-order valence-electron chi connectivity index (χ0n) is 14.4. The van der Waals surface area contributed by atoms with E-state index >= 15 is 0 Å². The highest BCUT2D eigenvalue weighted by atomic mass is 16.3. The number of hydrogen-bond acceptors (Lipinski definition) is 3. The van der Waals surface area contributed by atoms with Gasteiger partial charge in [-0.05, 0) is 65.5 Å². The SMILES string of the molecule is CC1CCC(N(C)Cc2ccoc2CNC(C)(C)C)CC1. The van der Waals surface area contributed by atoms with Crippen molar-refractivity contribution in [3.8, 4) is 0 Å². The van der Waals surface area contributed by atoms with Crippen molar-refractivity contribution in [2.24, 2.45) is 5.92 Å². The summed E-state index contributed by atoms with van der Waals surface area (Å²) in [6.07, 6.45) is 7.25. The van der Waals surface area contributed by atoms with Gasteiger partial charge in [-0.1, -0.05) is 6.92 Å². The van der Waals surface area contributed by atoms with E-state index in [0.717, 1.165) is 30.8 Å². The lowest BCUT2D eigenvalue weighted by atomic mass is 9.86. The Morgan fingerprint density at radius 3 is 2.52 bits per heavy atom. The molecule has 3 nitrogen and oxygen atoms in total. The molecule has 1 saturated carbocycles. The van der Waals surface area contributed by atoms with Gasteiger partial charge in [-0.3, -0.25) is 4.90 Å². The molecule has 0 aliphatic heterocycles. The van der Waals surface area contributed by atoms with Gasteiger partial charge < -0.3 is 9.73 Å². The second kappa shape index (κ2) is 6.97. The Balaban J connectivity index is 1.89. The van der Waals surface area contributed by atoms with Gasteiger partial charge in [0.05, 0.1) is 12.8 Å². The van der Waals surface area contributed by atoms with Crippen molar-refractivity contribution in [3.63, 3.8) is 0 Å². The van der Waals surface area contributed by atoms with Crippen LogP contribution in [-0.2, 0) is 13.1 Å². The molecule has 1 aromatic heterocycles. The number of nitrogens with one attached hydrogen (secondary N) is 1. The van der Waals surface area contributed by atoms with E-state index < -0.39 is 0 Å². The maximum absolute atomic E-state index is 5.68. The number of furan rings is 1. The number of hydrogen-bond donors (Lipinski definition) is 1. The second-order valence-electron chi connectivity index (χ2n) is 7.80. The van der Waals surface area contributed by atoms with Crippen LogP contribution in [0.25, 0.3) is 0 Å². The molecular formula is C18H32N2O. The average molecular weight is 292 g/mol. The topological polar surface area (TPSA) is 28.4 Å². The van der Waals surface area contributed by atoms with E-state index in [0.29, 0.717) is 0 Å². The van der Waals surface area contributed by atoms with E-state index in [4.69, 9.17) is 4.42 Å². The van der Waals surface area contributed by atoms with Crippen molar-refractivity contribution in [2.75, 3.05) is 7.05 Å². The van der Waals surface area contributed by atoms with Crippen molar-refractivity contribution < 1.29 is 4.42 Å². The van der Waals surface area contributed by atoms with E-state index in [1.807, 2.05) is 6.26 Å². The highest BCUT2D eigenvalue weighted by Gasteiger charge is 2.22. The highest BCUT2D eigenvalue weighted by molar-refractivity contribution is 5.17. The van der Waals surface area contributed by atoms with Gasteiger partial charge in [0.1, 0.15) is 5.76 Å². The number of rotatable bonds is 5. The lowest BCUT2D eigenvalue weighted by Gasteiger charge is -2.33. The summed E-state index contributed by atoms with van der Waals surface area (Å²) in [5, 5.41) is 3.51. The first-order chi connectivity index (χ1) is 9.85. The van der Waals surface area contributed by atoms with Crippen molar-refractivity contribution in [3.05, 3.63) is 23.7 Å². The van der Waals surface area contributed by atoms with Gasteiger partial charge in [-0.25, -0.2) is 0 Å². The van der Waals surface area contributed by atoms with Gasteiger partial charge in [0.25, 0.3) is 0 Å². The van der Waals surface area contributed by atoms with Crippen LogP contribution in [-0.4, -0.2) is 23.5 Å². The lowest BCUT2D eigenvalue weighted by molar-refractivity contribution is 0.163. The fraction of sp³-hybridized carbons (Fsp3) is 0.778. The molecule has 1 aliphatic carbocycles. The molecule has 0 spiro atoms. The molecule has 1 N–H and O–H groups in total. The molecule has 1 aliphatic rings. The quantitative estimate of drug-likeness (QED) is 0.882. The average Bonchev–Trinajstić information content (AvgIpc) is 2.83. The summed E-state index contributed by atoms with van der Waals surface area (Å²) in [7, 11) is 2.26. The van der Waals surface area contributed by atoms with Crippen LogP contribution in [0, 0.1) is 5.92 Å². The largest absolute Gasteiger partial charge is 0.468 e. The monoisotopic (exact) mass is 292 g/mol. The third-order valence-electron chi connectivity index (χ3n) is 4.65. The first kappa shape index (κ1) is 16.6. The third kappa shape index (κ3) is 5.15. The Morgan fingerprint density at radius 2 is 1.90 bits per heavy atom. The molecular weight excluding hydrogens is 260 g/mol. The van der Waals surface area contributed by atoms with Crippen LogP contribution >= 0.6 is 0 Å². The first-order valence-electron chi connectivity index (χ1n) is 8.35. The Bertz CT molecular complexity index is 425. The summed E-state index contributed by atoms with van der Waals surface area (Å²) < 4.78 is 5.68. The van der Waals surface area contributed by atoms with Crippen molar-refractivity contribution >= 4 is 0 Å². The Kier molecular flexibility index (Phi) is 5.50. The molecule has 1 heterocycles. The van der Waals surface area contributed by atoms with Crippen molar-refractivity contribution in [1.29, 1.82) is 0 Å². The van der Waals surface area contributed by atoms with Crippen molar-refractivity contribution in [2.45, 2.75) is 78.0 Å². The van der Waals surface area contributed by atoms with E-state index in [2.05, 4.69) is 51.0 Å². The second-order valence-corrected chi connectivity index (χ2v) is 7.80. The molecule has 0 bridgehead atoms. The fourth-order valence-corrected chi connectivity index (χ4v) is 3.09. The zero-order valence-corrected chi connectivity index (χ0v) is 14.4. The van der Waals surface area contributed by atoms with Gasteiger partial charge in [-0.2, -0.15) is 0 Å². The van der Waals surface area contributed by atoms with E-state index in [1.54, 1.807) is 0 Å². The van der Waals surface area contributed by atoms with Gasteiger partial charge in [0.2, 0.25) is 0 Å².